The van der Waals surface area contributed by atoms with Gasteiger partial charge in [0.1, 0.15) is 5.60 Å². The van der Waals surface area contributed by atoms with Crippen LogP contribution in [0.15, 0.2) is 11.3 Å². The van der Waals surface area contributed by atoms with Gasteiger partial charge in [0.25, 0.3) is 5.78 Å². The summed E-state index contributed by atoms with van der Waals surface area (Å²) in [7, 11) is 0. The molecule has 0 aromatic carbocycles. The molecule has 0 bridgehead atoms. The molecule has 2 atom stereocenters. The van der Waals surface area contributed by atoms with E-state index in [-0.39, 0.29) is 17.4 Å². The van der Waals surface area contributed by atoms with Crippen molar-refractivity contribution in [1.29, 1.82) is 0 Å². The number of carbonyl (C=O) groups is 2. The number of rotatable bonds is 2. The Balaban J connectivity index is 1.70. The van der Waals surface area contributed by atoms with Crippen LogP contribution in [0.4, 0.5) is 18.0 Å². The summed E-state index contributed by atoms with van der Waals surface area (Å²) in [6.45, 7) is 6.96. The molecule has 146 valence electrons. The third-order valence-electron chi connectivity index (χ3n) is 5.29. The lowest BCUT2D eigenvalue weighted by atomic mass is 9.71. The SMILES string of the molecule is CC(C)(C)OC(=O)N1CCN(C2=C(C(=O)C(F)(F)F)C3CCCC23)CC1. The fraction of sp³-hybridized carbons (Fsp3) is 0.778. The molecule has 3 aliphatic rings. The first-order valence-electron chi connectivity index (χ1n) is 9.07. The van der Waals surface area contributed by atoms with Crippen molar-refractivity contribution >= 4 is 11.9 Å². The Kier molecular flexibility index (Phi) is 4.73. The monoisotopic (exact) mass is 374 g/mol. The fourth-order valence-corrected chi connectivity index (χ4v) is 4.22. The van der Waals surface area contributed by atoms with E-state index in [1.165, 1.54) is 0 Å². The van der Waals surface area contributed by atoms with E-state index in [2.05, 4.69) is 0 Å². The molecule has 0 aromatic rings. The summed E-state index contributed by atoms with van der Waals surface area (Å²) in [5.74, 6) is -1.88. The molecule has 2 fully saturated rings. The number of hydrogen-bond donors (Lipinski definition) is 0. The number of ketones is 1. The molecule has 26 heavy (non-hydrogen) atoms. The summed E-state index contributed by atoms with van der Waals surface area (Å²) >= 11 is 0. The van der Waals surface area contributed by atoms with Gasteiger partial charge < -0.3 is 14.5 Å². The van der Waals surface area contributed by atoms with Crippen LogP contribution >= 0.6 is 0 Å². The quantitative estimate of drug-likeness (QED) is 0.744. The van der Waals surface area contributed by atoms with Gasteiger partial charge in [0.15, 0.2) is 0 Å². The van der Waals surface area contributed by atoms with Gasteiger partial charge in [-0.1, -0.05) is 6.42 Å². The van der Waals surface area contributed by atoms with Gasteiger partial charge >= 0.3 is 12.3 Å². The number of Topliss-reactive ketones (excluding diaryl/α,β-unsaturated/α-hetero) is 1. The molecule has 2 unspecified atom stereocenters. The molecule has 8 heteroatoms. The lowest BCUT2D eigenvalue weighted by molar-refractivity contribution is -0.168. The molecular formula is C18H25F3N2O3. The van der Waals surface area contributed by atoms with E-state index in [1.807, 2.05) is 4.90 Å². The van der Waals surface area contributed by atoms with Crippen molar-refractivity contribution in [3.63, 3.8) is 0 Å². The number of halogens is 3. The van der Waals surface area contributed by atoms with Crippen LogP contribution in [-0.2, 0) is 9.53 Å². The summed E-state index contributed by atoms with van der Waals surface area (Å²) in [5.41, 5.74) is -0.0574. The molecule has 5 nitrogen and oxygen atoms in total. The van der Waals surface area contributed by atoms with E-state index in [0.29, 0.717) is 38.3 Å². The third kappa shape index (κ3) is 3.55. The molecule has 0 aromatic heterocycles. The first-order valence-corrected chi connectivity index (χ1v) is 9.07. The van der Waals surface area contributed by atoms with Crippen molar-refractivity contribution in [3.05, 3.63) is 11.3 Å². The topological polar surface area (TPSA) is 49.9 Å². The number of carbonyl (C=O) groups excluding carboxylic acids is 2. The normalized spacial score (nSPS) is 26.5. The highest BCUT2D eigenvalue weighted by molar-refractivity contribution is 6.02. The Morgan fingerprint density at radius 1 is 1.00 bits per heavy atom. The number of hydrogen-bond acceptors (Lipinski definition) is 4. The van der Waals surface area contributed by atoms with Crippen LogP contribution in [0, 0.1) is 11.8 Å². The van der Waals surface area contributed by atoms with E-state index in [1.54, 1.807) is 25.7 Å². The van der Waals surface area contributed by atoms with Gasteiger partial charge in [0.05, 0.1) is 0 Å². The van der Waals surface area contributed by atoms with Crippen molar-refractivity contribution in [3.8, 4) is 0 Å². The maximum absolute atomic E-state index is 13.0. The Morgan fingerprint density at radius 3 is 2.12 bits per heavy atom. The minimum absolute atomic E-state index is 0.0364. The lowest BCUT2D eigenvalue weighted by Crippen LogP contribution is -2.53. The zero-order valence-electron chi connectivity index (χ0n) is 15.4. The number of ether oxygens (including phenoxy) is 1. The number of piperazine rings is 1. The van der Waals surface area contributed by atoms with Gasteiger partial charge in [-0.05, 0) is 39.5 Å². The predicted octanol–water partition coefficient (Wildman–Crippen LogP) is 3.35. The van der Waals surface area contributed by atoms with Crippen LogP contribution in [0.5, 0.6) is 0 Å². The maximum Gasteiger partial charge on any atom is 0.454 e. The van der Waals surface area contributed by atoms with Gasteiger partial charge in [-0.15, -0.1) is 0 Å². The van der Waals surface area contributed by atoms with Crippen LogP contribution in [-0.4, -0.2) is 59.6 Å². The zero-order valence-corrected chi connectivity index (χ0v) is 15.4. The van der Waals surface area contributed by atoms with E-state index in [0.717, 1.165) is 12.8 Å². The summed E-state index contributed by atoms with van der Waals surface area (Å²) in [6, 6.07) is 0. The van der Waals surface area contributed by atoms with E-state index < -0.39 is 23.7 Å². The van der Waals surface area contributed by atoms with Gasteiger partial charge in [-0.3, -0.25) is 4.79 Å². The van der Waals surface area contributed by atoms with Crippen molar-refractivity contribution < 1.29 is 27.5 Å². The minimum atomic E-state index is -4.83. The van der Waals surface area contributed by atoms with Crippen molar-refractivity contribution in [1.82, 2.24) is 9.80 Å². The highest BCUT2D eigenvalue weighted by atomic mass is 19.4. The Bertz CT molecular complexity index is 629. The van der Waals surface area contributed by atoms with Gasteiger partial charge in [0, 0.05) is 43.4 Å². The number of nitrogens with zero attached hydrogens (tertiary/aromatic N) is 2. The summed E-state index contributed by atoms with van der Waals surface area (Å²) < 4.78 is 44.3. The Labute approximate surface area is 151 Å². The average Bonchev–Trinajstić information content (AvgIpc) is 2.89. The second kappa shape index (κ2) is 6.46. The Morgan fingerprint density at radius 2 is 1.58 bits per heavy atom. The van der Waals surface area contributed by atoms with Crippen molar-refractivity contribution in [2.45, 2.75) is 51.8 Å². The molecule has 1 aliphatic heterocycles. The number of fused-ring (bicyclic) bond motifs is 1. The van der Waals surface area contributed by atoms with Crippen LogP contribution < -0.4 is 0 Å². The van der Waals surface area contributed by atoms with Gasteiger partial charge in [-0.2, -0.15) is 13.2 Å². The molecular weight excluding hydrogens is 349 g/mol. The maximum atomic E-state index is 13.0. The van der Waals surface area contributed by atoms with Gasteiger partial charge in [-0.25, -0.2) is 4.79 Å². The summed E-state index contributed by atoms with van der Waals surface area (Å²) in [5, 5.41) is 0. The Hall–Kier alpha value is -1.73. The van der Waals surface area contributed by atoms with Gasteiger partial charge in [0.2, 0.25) is 0 Å². The largest absolute Gasteiger partial charge is 0.454 e. The predicted molar refractivity (Wildman–Crippen MR) is 88.3 cm³/mol. The number of amides is 1. The highest BCUT2D eigenvalue weighted by Crippen LogP contribution is 2.54. The first kappa shape index (κ1) is 19.0. The molecule has 1 amide bonds. The van der Waals surface area contributed by atoms with Crippen LogP contribution in [0.2, 0.25) is 0 Å². The van der Waals surface area contributed by atoms with Crippen molar-refractivity contribution in [2.24, 2.45) is 11.8 Å². The molecule has 1 saturated heterocycles. The van der Waals surface area contributed by atoms with E-state index in [4.69, 9.17) is 4.74 Å². The fourth-order valence-electron chi connectivity index (χ4n) is 4.22. The van der Waals surface area contributed by atoms with Crippen LogP contribution in [0.3, 0.4) is 0 Å². The van der Waals surface area contributed by atoms with Crippen molar-refractivity contribution in [2.75, 3.05) is 26.2 Å². The summed E-state index contributed by atoms with van der Waals surface area (Å²) in [6.07, 6.45) is -2.90. The summed E-state index contributed by atoms with van der Waals surface area (Å²) in [4.78, 5) is 27.4. The molecule has 3 rings (SSSR count). The molecule has 1 heterocycles. The number of alkyl halides is 3. The molecule has 0 radical (unpaired) electrons. The molecule has 0 N–H and O–H groups in total. The first-order chi connectivity index (χ1) is 12.0. The smallest absolute Gasteiger partial charge is 0.444 e. The second-order valence-corrected chi connectivity index (χ2v) is 8.22. The molecule has 2 aliphatic carbocycles. The second-order valence-electron chi connectivity index (χ2n) is 8.22. The average molecular weight is 374 g/mol. The minimum Gasteiger partial charge on any atom is -0.444 e. The molecule has 1 saturated carbocycles. The highest BCUT2D eigenvalue weighted by Gasteiger charge is 2.54. The zero-order chi connectivity index (χ0) is 19.3. The number of allylic oxidation sites excluding steroid dienone is 2. The van der Waals surface area contributed by atoms with Crippen LogP contribution in [0.25, 0.3) is 0 Å². The van der Waals surface area contributed by atoms with E-state index >= 15 is 0 Å². The standard InChI is InChI=1S/C18H25F3N2O3/c1-17(2,3)26-16(25)23-9-7-22(8-10-23)14-12-6-4-5-11(12)13(14)15(24)18(19,20)21/h11-12H,4-10H2,1-3H3. The molecule has 0 spiro atoms. The third-order valence-corrected chi connectivity index (χ3v) is 5.29. The lowest BCUT2D eigenvalue weighted by Gasteiger charge is -2.46. The van der Waals surface area contributed by atoms with E-state index in [9.17, 15) is 22.8 Å². The van der Waals surface area contributed by atoms with Crippen LogP contribution in [0.1, 0.15) is 40.0 Å².